The van der Waals surface area contributed by atoms with Gasteiger partial charge in [-0.2, -0.15) is 0 Å². The van der Waals surface area contributed by atoms with Crippen LogP contribution in [0.5, 0.6) is 11.5 Å². The first-order chi connectivity index (χ1) is 8.61. The van der Waals surface area contributed by atoms with Gasteiger partial charge in [0, 0.05) is 5.33 Å². The molecule has 0 atom stereocenters. The molecule has 0 unspecified atom stereocenters. The van der Waals surface area contributed by atoms with Gasteiger partial charge in [0.25, 0.3) is 0 Å². The molecule has 0 aromatic heterocycles. The quantitative estimate of drug-likeness (QED) is 0.678. The van der Waals surface area contributed by atoms with Crippen LogP contribution in [-0.2, 0) is 5.33 Å². The van der Waals surface area contributed by atoms with E-state index < -0.39 is 0 Å². The van der Waals surface area contributed by atoms with Crippen molar-refractivity contribution in [2.45, 2.75) is 12.3 Å². The van der Waals surface area contributed by atoms with E-state index in [4.69, 9.17) is 16.3 Å². The summed E-state index contributed by atoms with van der Waals surface area (Å²) in [5, 5.41) is 1.18. The lowest BCUT2D eigenvalue weighted by molar-refractivity contribution is 0.440. The SMILES string of the molecule is Cc1cccc(Oc2ccc(CBr)cc2Cl)c1F. The van der Waals surface area contributed by atoms with Crippen molar-refractivity contribution in [1.29, 1.82) is 0 Å². The van der Waals surface area contributed by atoms with E-state index in [2.05, 4.69) is 15.9 Å². The summed E-state index contributed by atoms with van der Waals surface area (Å²) in [4.78, 5) is 0. The van der Waals surface area contributed by atoms with Gasteiger partial charge in [0.15, 0.2) is 11.6 Å². The van der Waals surface area contributed by atoms with Crippen LogP contribution in [0.2, 0.25) is 5.02 Å². The van der Waals surface area contributed by atoms with Gasteiger partial charge in [-0.15, -0.1) is 0 Å². The van der Waals surface area contributed by atoms with E-state index in [1.165, 1.54) is 0 Å². The highest BCUT2D eigenvalue weighted by Crippen LogP contribution is 2.32. The van der Waals surface area contributed by atoms with Gasteiger partial charge in [0.2, 0.25) is 0 Å². The molecule has 2 aromatic carbocycles. The Labute approximate surface area is 119 Å². The van der Waals surface area contributed by atoms with Gasteiger partial charge in [-0.05, 0) is 36.2 Å². The molecule has 0 saturated heterocycles. The molecule has 0 N–H and O–H groups in total. The van der Waals surface area contributed by atoms with E-state index in [0.29, 0.717) is 21.7 Å². The lowest BCUT2D eigenvalue weighted by Gasteiger charge is -2.10. The van der Waals surface area contributed by atoms with Crippen LogP contribution in [-0.4, -0.2) is 0 Å². The summed E-state index contributed by atoms with van der Waals surface area (Å²) in [6.45, 7) is 1.69. The van der Waals surface area contributed by atoms with E-state index in [-0.39, 0.29) is 11.6 Å². The molecule has 0 aliphatic carbocycles. The number of alkyl halides is 1. The third-order valence-electron chi connectivity index (χ3n) is 2.53. The maximum absolute atomic E-state index is 13.8. The molecule has 0 saturated carbocycles. The van der Waals surface area contributed by atoms with Gasteiger partial charge < -0.3 is 4.74 Å². The predicted molar refractivity (Wildman–Crippen MR) is 75.3 cm³/mol. The summed E-state index contributed by atoms with van der Waals surface area (Å²) in [5.74, 6) is 0.271. The second-order valence-electron chi connectivity index (χ2n) is 3.89. The van der Waals surface area contributed by atoms with Crippen LogP contribution in [0.4, 0.5) is 4.39 Å². The summed E-state index contributed by atoms with van der Waals surface area (Å²) in [7, 11) is 0. The number of ether oxygens (including phenoxy) is 1. The Morgan fingerprint density at radius 2 is 2.00 bits per heavy atom. The highest BCUT2D eigenvalue weighted by Gasteiger charge is 2.09. The Morgan fingerprint density at radius 1 is 1.22 bits per heavy atom. The number of aryl methyl sites for hydroxylation is 1. The van der Waals surface area contributed by atoms with Crippen LogP contribution in [0.25, 0.3) is 0 Å². The van der Waals surface area contributed by atoms with Crippen molar-refractivity contribution in [3.63, 3.8) is 0 Å². The lowest BCUT2D eigenvalue weighted by atomic mass is 10.2. The Morgan fingerprint density at radius 3 is 2.67 bits per heavy atom. The molecular formula is C14H11BrClFO. The van der Waals surface area contributed by atoms with Gasteiger partial charge in [0.1, 0.15) is 5.75 Å². The maximum atomic E-state index is 13.8. The molecule has 18 heavy (non-hydrogen) atoms. The van der Waals surface area contributed by atoms with E-state index in [1.807, 2.05) is 6.07 Å². The standard InChI is InChI=1S/C14H11BrClFO/c1-9-3-2-4-13(14(9)17)18-12-6-5-10(8-15)7-11(12)16/h2-7H,8H2,1H3. The third-order valence-corrected chi connectivity index (χ3v) is 3.47. The van der Waals surface area contributed by atoms with Crippen molar-refractivity contribution in [2.24, 2.45) is 0 Å². The summed E-state index contributed by atoms with van der Waals surface area (Å²) in [6.07, 6.45) is 0. The topological polar surface area (TPSA) is 9.23 Å². The van der Waals surface area contributed by atoms with Crippen molar-refractivity contribution >= 4 is 27.5 Å². The fourth-order valence-electron chi connectivity index (χ4n) is 1.53. The van der Waals surface area contributed by atoms with Crippen LogP contribution in [0, 0.1) is 12.7 Å². The molecule has 2 aromatic rings. The van der Waals surface area contributed by atoms with Crippen LogP contribution >= 0.6 is 27.5 Å². The van der Waals surface area contributed by atoms with Crippen LogP contribution < -0.4 is 4.74 Å². The van der Waals surface area contributed by atoms with E-state index >= 15 is 0 Å². The monoisotopic (exact) mass is 328 g/mol. The molecular weight excluding hydrogens is 319 g/mol. The molecule has 0 fully saturated rings. The molecule has 0 heterocycles. The molecule has 0 aliphatic heterocycles. The normalized spacial score (nSPS) is 10.4. The minimum absolute atomic E-state index is 0.184. The van der Waals surface area contributed by atoms with Crippen molar-refractivity contribution < 1.29 is 9.13 Å². The number of hydrogen-bond acceptors (Lipinski definition) is 1. The molecule has 0 spiro atoms. The van der Waals surface area contributed by atoms with Gasteiger partial charge >= 0.3 is 0 Å². The Hall–Kier alpha value is -1.06. The minimum atomic E-state index is -0.363. The van der Waals surface area contributed by atoms with Gasteiger partial charge in [-0.25, -0.2) is 4.39 Å². The number of rotatable bonds is 3. The summed E-state index contributed by atoms with van der Waals surface area (Å²) < 4.78 is 19.3. The van der Waals surface area contributed by atoms with E-state index in [0.717, 1.165) is 5.56 Å². The van der Waals surface area contributed by atoms with Crippen LogP contribution in [0.1, 0.15) is 11.1 Å². The van der Waals surface area contributed by atoms with Crippen molar-refractivity contribution in [2.75, 3.05) is 0 Å². The second kappa shape index (κ2) is 5.72. The summed E-state index contributed by atoms with van der Waals surface area (Å²) in [6, 6.07) is 10.4. The van der Waals surface area contributed by atoms with E-state index in [9.17, 15) is 4.39 Å². The fourth-order valence-corrected chi connectivity index (χ4v) is 2.12. The number of halogens is 3. The Kier molecular flexibility index (Phi) is 4.25. The third kappa shape index (κ3) is 2.85. The van der Waals surface area contributed by atoms with Crippen LogP contribution in [0.15, 0.2) is 36.4 Å². The largest absolute Gasteiger partial charge is 0.453 e. The highest BCUT2D eigenvalue weighted by molar-refractivity contribution is 9.08. The summed E-state index contributed by atoms with van der Waals surface area (Å²) >= 11 is 9.43. The molecule has 1 nitrogen and oxygen atoms in total. The number of hydrogen-bond donors (Lipinski definition) is 0. The molecule has 4 heteroatoms. The molecule has 0 aliphatic rings. The Balaban J connectivity index is 2.31. The summed E-state index contributed by atoms with van der Waals surface area (Å²) in [5.41, 5.74) is 1.58. The molecule has 2 rings (SSSR count). The zero-order valence-corrected chi connectivity index (χ0v) is 12.1. The van der Waals surface area contributed by atoms with Gasteiger partial charge in [0.05, 0.1) is 5.02 Å². The first kappa shape index (κ1) is 13.4. The maximum Gasteiger partial charge on any atom is 0.168 e. The molecule has 0 amide bonds. The molecule has 0 radical (unpaired) electrons. The lowest BCUT2D eigenvalue weighted by Crippen LogP contribution is -1.92. The fraction of sp³-hybridized carbons (Fsp3) is 0.143. The Bertz CT molecular complexity index is 572. The first-order valence-corrected chi connectivity index (χ1v) is 6.89. The molecule has 0 bridgehead atoms. The van der Waals surface area contributed by atoms with Crippen molar-refractivity contribution in [3.8, 4) is 11.5 Å². The second-order valence-corrected chi connectivity index (χ2v) is 4.86. The first-order valence-electron chi connectivity index (χ1n) is 5.39. The predicted octanol–water partition coefficient (Wildman–Crippen LogP) is 5.47. The minimum Gasteiger partial charge on any atom is -0.453 e. The van der Waals surface area contributed by atoms with E-state index in [1.54, 1.807) is 37.3 Å². The van der Waals surface area contributed by atoms with Crippen molar-refractivity contribution in [3.05, 3.63) is 58.4 Å². The van der Waals surface area contributed by atoms with Gasteiger partial charge in [-0.1, -0.05) is 45.7 Å². The molecule has 94 valence electrons. The number of benzene rings is 2. The van der Waals surface area contributed by atoms with Gasteiger partial charge in [-0.3, -0.25) is 0 Å². The zero-order chi connectivity index (χ0) is 13.1. The van der Waals surface area contributed by atoms with Crippen LogP contribution in [0.3, 0.4) is 0 Å². The average molecular weight is 330 g/mol. The van der Waals surface area contributed by atoms with Crippen molar-refractivity contribution in [1.82, 2.24) is 0 Å². The zero-order valence-electron chi connectivity index (χ0n) is 9.71. The smallest absolute Gasteiger partial charge is 0.168 e. The average Bonchev–Trinajstić information content (AvgIpc) is 2.37. The highest BCUT2D eigenvalue weighted by atomic mass is 79.9.